The Morgan fingerprint density at radius 2 is 1.76 bits per heavy atom. The van der Waals surface area contributed by atoms with Crippen molar-refractivity contribution < 1.29 is 0 Å². The number of nitrogens with zero attached hydrogens (tertiary/aromatic N) is 4. The second-order valence-corrected chi connectivity index (χ2v) is 5.82. The Morgan fingerprint density at radius 1 is 1.05 bits per heavy atom. The van der Waals surface area contributed by atoms with Crippen molar-refractivity contribution in [3.8, 4) is 0 Å². The molecule has 0 atom stereocenters. The molecule has 110 valence electrons. The fourth-order valence-electron chi connectivity index (χ4n) is 2.79. The molecule has 4 nitrogen and oxygen atoms in total. The number of hydrogen-bond donors (Lipinski definition) is 0. The number of aromatic nitrogens is 2. The Labute approximate surface area is 130 Å². The van der Waals surface area contributed by atoms with Gasteiger partial charge >= 0.3 is 0 Å². The van der Waals surface area contributed by atoms with Crippen LogP contribution in [0.4, 0.5) is 11.4 Å². The first kappa shape index (κ1) is 14.1. The second-order valence-electron chi connectivity index (χ2n) is 5.43. The molecule has 1 saturated heterocycles. The number of hydrogen-bond acceptors (Lipinski definition) is 4. The fourth-order valence-corrected chi connectivity index (χ4v) is 2.94. The molecule has 5 heteroatoms. The lowest BCUT2D eigenvalue weighted by molar-refractivity contribution is 0.650. The van der Waals surface area contributed by atoms with Crippen molar-refractivity contribution in [3.63, 3.8) is 0 Å². The van der Waals surface area contributed by atoms with Gasteiger partial charge in [0.05, 0.1) is 11.9 Å². The van der Waals surface area contributed by atoms with Crippen LogP contribution in [0.3, 0.4) is 0 Å². The van der Waals surface area contributed by atoms with Crippen molar-refractivity contribution in [2.75, 3.05) is 36.0 Å². The zero-order valence-electron chi connectivity index (χ0n) is 12.4. The van der Waals surface area contributed by atoms with Crippen LogP contribution in [0.15, 0.2) is 30.5 Å². The summed E-state index contributed by atoms with van der Waals surface area (Å²) in [7, 11) is 0. The van der Waals surface area contributed by atoms with Gasteiger partial charge < -0.3 is 9.80 Å². The van der Waals surface area contributed by atoms with E-state index in [0.29, 0.717) is 5.15 Å². The molecule has 1 aliphatic rings. The summed E-state index contributed by atoms with van der Waals surface area (Å²) in [5, 5.41) is 8.17. The van der Waals surface area contributed by atoms with Crippen LogP contribution in [0.5, 0.6) is 0 Å². The van der Waals surface area contributed by atoms with E-state index in [0.717, 1.165) is 31.9 Å². The zero-order valence-corrected chi connectivity index (χ0v) is 13.1. The molecule has 0 bridgehead atoms. The number of piperazine rings is 1. The summed E-state index contributed by atoms with van der Waals surface area (Å²) in [6, 6.07) is 8.39. The molecule has 0 saturated carbocycles. The van der Waals surface area contributed by atoms with E-state index in [9.17, 15) is 0 Å². The van der Waals surface area contributed by atoms with Crippen molar-refractivity contribution in [2.24, 2.45) is 0 Å². The number of halogens is 1. The predicted octanol–water partition coefficient (Wildman–Crippen LogP) is 3.07. The molecular weight excluding hydrogens is 284 g/mol. The molecule has 1 aromatic heterocycles. The van der Waals surface area contributed by atoms with Crippen LogP contribution in [0.1, 0.15) is 11.1 Å². The zero-order chi connectivity index (χ0) is 14.8. The lowest BCUT2D eigenvalue weighted by Crippen LogP contribution is -2.46. The maximum atomic E-state index is 5.92. The van der Waals surface area contributed by atoms with Crippen LogP contribution in [0.25, 0.3) is 0 Å². The highest BCUT2D eigenvalue weighted by Gasteiger charge is 2.19. The standard InChI is InChI=1S/C16H19ClN4/c1-12-4-3-5-15(13(12)2)21-8-6-20(7-9-21)14-10-16(17)19-18-11-14/h3-5,10-11H,6-9H2,1-2H3. The molecule has 3 rings (SSSR count). The van der Waals surface area contributed by atoms with Gasteiger partial charge in [-0.1, -0.05) is 23.7 Å². The van der Waals surface area contributed by atoms with Gasteiger partial charge in [0.15, 0.2) is 5.15 Å². The minimum atomic E-state index is 0.449. The Balaban J connectivity index is 1.72. The summed E-state index contributed by atoms with van der Waals surface area (Å²) in [5.41, 5.74) is 5.12. The highest BCUT2D eigenvalue weighted by molar-refractivity contribution is 6.29. The predicted molar refractivity (Wildman–Crippen MR) is 87.4 cm³/mol. The topological polar surface area (TPSA) is 32.3 Å². The van der Waals surface area contributed by atoms with Crippen LogP contribution in [-0.2, 0) is 0 Å². The second kappa shape index (κ2) is 5.90. The molecule has 0 amide bonds. The first-order chi connectivity index (χ1) is 10.1. The van der Waals surface area contributed by atoms with Gasteiger partial charge in [0.2, 0.25) is 0 Å². The third-order valence-electron chi connectivity index (χ3n) is 4.17. The summed E-state index contributed by atoms with van der Waals surface area (Å²) < 4.78 is 0. The van der Waals surface area contributed by atoms with Crippen molar-refractivity contribution >= 4 is 23.0 Å². The average molecular weight is 303 g/mol. The minimum Gasteiger partial charge on any atom is -0.368 e. The number of anilines is 2. The molecule has 0 radical (unpaired) electrons. The first-order valence-electron chi connectivity index (χ1n) is 7.19. The van der Waals surface area contributed by atoms with Crippen molar-refractivity contribution in [1.82, 2.24) is 10.2 Å². The number of benzene rings is 1. The molecule has 2 aromatic rings. The Morgan fingerprint density at radius 3 is 2.48 bits per heavy atom. The maximum Gasteiger partial charge on any atom is 0.153 e. The van der Waals surface area contributed by atoms with Gasteiger partial charge in [0.1, 0.15) is 0 Å². The van der Waals surface area contributed by atoms with E-state index in [2.05, 4.69) is 52.0 Å². The molecule has 1 aliphatic heterocycles. The summed E-state index contributed by atoms with van der Waals surface area (Å²) in [6.45, 7) is 8.31. The lowest BCUT2D eigenvalue weighted by Gasteiger charge is -2.38. The van der Waals surface area contributed by atoms with Gasteiger partial charge in [-0.25, -0.2) is 0 Å². The average Bonchev–Trinajstić information content (AvgIpc) is 2.50. The first-order valence-corrected chi connectivity index (χ1v) is 7.57. The van der Waals surface area contributed by atoms with Crippen LogP contribution in [0, 0.1) is 13.8 Å². The van der Waals surface area contributed by atoms with Crippen LogP contribution in [0.2, 0.25) is 5.15 Å². The number of aryl methyl sites for hydroxylation is 1. The fraction of sp³-hybridized carbons (Fsp3) is 0.375. The quantitative estimate of drug-likeness (QED) is 0.853. The van der Waals surface area contributed by atoms with Gasteiger partial charge in [-0.3, -0.25) is 0 Å². The molecule has 0 N–H and O–H groups in total. The molecule has 2 heterocycles. The van der Waals surface area contributed by atoms with Gasteiger partial charge in [0.25, 0.3) is 0 Å². The summed E-state index contributed by atoms with van der Waals surface area (Å²) in [6.07, 6.45) is 1.78. The van der Waals surface area contributed by atoms with E-state index >= 15 is 0 Å². The van der Waals surface area contributed by atoms with E-state index < -0.39 is 0 Å². The highest BCUT2D eigenvalue weighted by Crippen LogP contribution is 2.25. The third-order valence-corrected chi connectivity index (χ3v) is 4.36. The normalized spacial score (nSPS) is 15.4. The lowest BCUT2D eigenvalue weighted by atomic mass is 10.1. The molecule has 1 fully saturated rings. The molecule has 0 aliphatic carbocycles. The number of rotatable bonds is 2. The van der Waals surface area contributed by atoms with Crippen LogP contribution in [-0.4, -0.2) is 36.4 Å². The minimum absolute atomic E-state index is 0.449. The van der Waals surface area contributed by atoms with Crippen molar-refractivity contribution in [3.05, 3.63) is 46.7 Å². The molecule has 0 spiro atoms. The van der Waals surface area contributed by atoms with E-state index in [-0.39, 0.29) is 0 Å². The van der Waals surface area contributed by atoms with Crippen molar-refractivity contribution in [1.29, 1.82) is 0 Å². The summed E-state index contributed by atoms with van der Waals surface area (Å²) in [4.78, 5) is 4.76. The SMILES string of the molecule is Cc1cccc(N2CCN(c3cnnc(Cl)c3)CC2)c1C. The van der Waals surface area contributed by atoms with Crippen LogP contribution >= 0.6 is 11.6 Å². The van der Waals surface area contributed by atoms with Crippen LogP contribution < -0.4 is 9.80 Å². The maximum absolute atomic E-state index is 5.92. The smallest absolute Gasteiger partial charge is 0.153 e. The van der Waals surface area contributed by atoms with Gasteiger partial charge in [-0.15, -0.1) is 5.10 Å². The van der Waals surface area contributed by atoms with E-state index in [1.54, 1.807) is 6.20 Å². The Hall–Kier alpha value is -1.81. The Bertz CT molecular complexity index is 636. The third kappa shape index (κ3) is 2.95. The van der Waals surface area contributed by atoms with Gasteiger partial charge in [-0.2, -0.15) is 5.10 Å². The monoisotopic (exact) mass is 302 g/mol. The molecular formula is C16H19ClN4. The van der Waals surface area contributed by atoms with E-state index in [1.807, 2.05) is 6.07 Å². The summed E-state index contributed by atoms with van der Waals surface area (Å²) in [5.74, 6) is 0. The highest BCUT2D eigenvalue weighted by atomic mass is 35.5. The Kier molecular flexibility index (Phi) is 3.97. The summed E-state index contributed by atoms with van der Waals surface area (Å²) >= 11 is 5.92. The van der Waals surface area contributed by atoms with E-state index in [1.165, 1.54) is 16.8 Å². The van der Waals surface area contributed by atoms with Gasteiger partial charge in [-0.05, 0) is 31.0 Å². The molecule has 0 unspecified atom stereocenters. The van der Waals surface area contributed by atoms with Gasteiger partial charge in [0, 0.05) is 37.9 Å². The van der Waals surface area contributed by atoms with E-state index in [4.69, 9.17) is 11.6 Å². The largest absolute Gasteiger partial charge is 0.368 e. The molecule has 21 heavy (non-hydrogen) atoms. The molecule has 1 aromatic carbocycles. The van der Waals surface area contributed by atoms with Crippen molar-refractivity contribution in [2.45, 2.75) is 13.8 Å².